The Kier molecular flexibility index (Phi) is 6.28. The van der Waals surface area contributed by atoms with Crippen molar-refractivity contribution in [3.05, 3.63) is 58.1 Å². The number of hydrogen-bond donors (Lipinski definition) is 1. The fourth-order valence-electron chi connectivity index (χ4n) is 2.31. The molecule has 1 N–H and O–H groups in total. The second-order valence-corrected chi connectivity index (χ2v) is 8.62. The van der Waals surface area contributed by atoms with Gasteiger partial charge in [0, 0.05) is 17.0 Å². The van der Waals surface area contributed by atoms with Gasteiger partial charge in [-0.25, -0.2) is 13.2 Å². The van der Waals surface area contributed by atoms with Gasteiger partial charge in [0.2, 0.25) is 0 Å². The number of rotatable bonds is 5. The van der Waals surface area contributed by atoms with Crippen molar-refractivity contribution >= 4 is 39.0 Å². The van der Waals surface area contributed by atoms with E-state index in [0.717, 1.165) is 6.26 Å². The van der Waals surface area contributed by atoms with Crippen molar-refractivity contribution in [2.75, 3.05) is 11.6 Å². The molecule has 27 heavy (non-hydrogen) atoms. The molecule has 8 heteroatoms. The molecule has 0 radical (unpaired) electrons. The lowest BCUT2D eigenvalue weighted by Gasteiger charge is -2.16. The summed E-state index contributed by atoms with van der Waals surface area (Å²) in [7, 11) is -3.47. The molecule has 2 rings (SSSR count). The third-order valence-electron chi connectivity index (χ3n) is 4.04. The van der Waals surface area contributed by atoms with Crippen LogP contribution in [0.1, 0.15) is 28.4 Å². The number of halogens is 1. The highest BCUT2D eigenvalue weighted by Gasteiger charge is 2.22. The van der Waals surface area contributed by atoms with Gasteiger partial charge in [-0.2, -0.15) is 0 Å². The number of benzene rings is 2. The number of nitrogens with one attached hydrogen (secondary N) is 1. The average Bonchev–Trinajstić information content (AvgIpc) is 2.58. The molecule has 1 amide bonds. The average molecular weight is 410 g/mol. The zero-order valence-electron chi connectivity index (χ0n) is 15.4. The fraction of sp³-hybridized carbons (Fsp3) is 0.263. The molecule has 0 saturated heterocycles. The van der Waals surface area contributed by atoms with E-state index < -0.39 is 27.8 Å². The first-order chi connectivity index (χ1) is 12.5. The first kappa shape index (κ1) is 20.9. The predicted molar refractivity (Wildman–Crippen MR) is 104 cm³/mol. The van der Waals surface area contributed by atoms with Gasteiger partial charge in [-0.3, -0.25) is 4.79 Å². The van der Waals surface area contributed by atoms with Gasteiger partial charge in [-0.1, -0.05) is 23.7 Å². The Morgan fingerprint density at radius 3 is 2.44 bits per heavy atom. The van der Waals surface area contributed by atoms with Crippen LogP contribution >= 0.6 is 11.6 Å². The Balaban J connectivity index is 2.15. The fourth-order valence-corrected chi connectivity index (χ4v) is 3.13. The molecule has 0 saturated carbocycles. The molecular weight excluding hydrogens is 390 g/mol. The van der Waals surface area contributed by atoms with Crippen molar-refractivity contribution < 1.29 is 22.7 Å². The lowest BCUT2D eigenvalue weighted by Crippen LogP contribution is -2.30. The van der Waals surface area contributed by atoms with Crippen LogP contribution in [-0.4, -0.2) is 32.7 Å². The summed E-state index contributed by atoms with van der Waals surface area (Å²) in [6.07, 6.45) is -0.0342. The maximum absolute atomic E-state index is 12.4. The van der Waals surface area contributed by atoms with E-state index in [1.807, 2.05) is 0 Å². The summed E-state index contributed by atoms with van der Waals surface area (Å²) >= 11 is 6.02. The summed E-state index contributed by atoms with van der Waals surface area (Å²) in [5.74, 6) is -1.30. The third kappa shape index (κ3) is 5.08. The highest BCUT2D eigenvalue weighted by molar-refractivity contribution is 7.90. The zero-order valence-corrected chi connectivity index (χ0v) is 16.9. The molecule has 0 aliphatic carbocycles. The van der Waals surface area contributed by atoms with Crippen molar-refractivity contribution in [1.29, 1.82) is 0 Å². The Hall–Kier alpha value is -2.38. The smallest absolute Gasteiger partial charge is 0.339 e. The summed E-state index contributed by atoms with van der Waals surface area (Å²) in [5, 5.41) is 3.17. The van der Waals surface area contributed by atoms with Crippen molar-refractivity contribution in [1.82, 2.24) is 0 Å². The Bertz CT molecular complexity index is 1000. The van der Waals surface area contributed by atoms with E-state index in [1.54, 1.807) is 32.0 Å². The maximum atomic E-state index is 12.4. The van der Waals surface area contributed by atoms with E-state index in [4.69, 9.17) is 16.3 Å². The van der Waals surface area contributed by atoms with Crippen LogP contribution in [0.3, 0.4) is 0 Å². The minimum absolute atomic E-state index is 0.00621. The van der Waals surface area contributed by atoms with Crippen LogP contribution in [0, 0.1) is 13.8 Å². The molecule has 0 spiro atoms. The first-order valence-corrected chi connectivity index (χ1v) is 10.4. The number of esters is 1. The van der Waals surface area contributed by atoms with Crippen molar-refractivity contribution in [3.63, 3.8) is 0 Å². The van der Waals surface area contributed by atoms with Crippen LogP contribution in [0.4, 0.5) is 5.69 Å². The Morgan fingerprint density at radius 1 is 1.15 bits per heavy atom. The number of sulfone groups is 1. The van der Waals surface area contributed by atoms with Crippen LogP contribution in [-0.2, 0) is 19.4 Å². The second-order valence-electron chi connectivity index (χ2n) is 6.20. The van der Waals surface area contributed by atoms with Gasteiger partial charge in [0.25, 0.3) is 5.91 Å². The lowest BCUT2D eigenvalue weighted by atomic mass is 10.1. The number of carbonyl (C=O) groups is 2. The minimum atomic E-state index is -3.47. The molecule has 0 aliphatic rings. The molecule has 0 bridgehead atoms. The van der Waals surface area contributed by atoms with E-state index in [1.165, 1.54) is 25.1 Å². The standard InChI is InChI=1S/C19H20ClNO5S/c1-11-8-9-14(27(4,24)25)10-15(11)19(23)26-13(3)18(22)21-17-7-5-6-16(20)12(17)2/h5-10,13H,1-4H3,(H,21,22)/t13-/m1/s1. The maximum Gasteiger partial charge on any atom is 0.339 e. The quantitative estimate of drug-likeness (QED) is 0.763. The van der Waals surface area contributed by atoms with Crippen LogP contribution in [0.5, 0.6) is 0 Å². The van der Waals surface area contributed by atoms with Crippen molar-refractivity contribution in [2.24, 2.45) is 0 Å². The number of amides is 1. The summed E-state index contributed by atoms with van der Waals surface area (Å²) in [6.45, 7) is 4.85. The monoisotopic (exact) mass is 409 g/mol. The van der Waals surface area contributed by atoms with Gasteiger partial charge in [-0.05, 0) is 56.2 Å². The first-order valence-electron chi connectivity index (χ1n) is 8.08. The summed E-state index contributed by atoms with van der Waals surface area (Å²) < 4.78 is 28.6. The van der Waals surface area contributed by atoms with Crippen LogP contribution in [0.2, 0.25) is 5.02 Å². The van der Waals surface area contributed by atoms with Gasteiger partial charge in [0.05, 0.1) is 10.5 Å². The SMILES string of the molecule is Cc1ccc(S(C)(=O)=O)cc1C(=O)O[C@H](C)C(=O)Nc1cccc(Cl)c1C. The summed E-state index contributed by atoms with van der Waals surface area (Å²) in [4.78, 5) is 24.7. The van der Waals surface area contributed by atoms with Gasteiger partial charge in [0.15, 0.2) is 15.9 Å². The molecule has 6 nitrogen and oxygen atoms in total. The number of carbonyl (C=O) groups excluding carboxylic acids is 2. The van der Waals surface area contributed by atoms with Crippen LogP contribution in [0.25, 0.3) is 0 Å². The number of ether oxygens (including phenoxy) is 1. The number of aryl methyl sites for hydroxylation is 1. The highest BCUT2D eigenvalue weighted by atomic mass is 35.5. The highest BCUT2D eigenvalue weighted by Crippen LogP contribution is 2.23. The Morgan fingerprint density at radius 2 is 1.81 bits per heavy atom. The summed E-state index contributed by atoms with van der Waals surface area (Å²) in [5.41, 5.74) is 1.86. The topological polar surface area (TPSA) is 89.5 Å². The zero-order chi connectivity index (χ0) is 20.4. The van der Waals surface area contributed by atoms with Gasteiger partial charge >= 0.3 is 5.97 Å². The molecule has 0 fully saturated rings. The normalized spacial score (nSPS) is 12.3. The van der Waals surface area contributed by atoms with E-state index in [2.05, 4.69) is 5.32 Å². The van der Waals surface area contributed by atoms with Gasteiger partial charge in [0.1, 0.15) is 0 Å². The molecule has 2 aromatic rings. The molecule has 0 heterocycles. The largest absolute Gasteiger partial charge is 0.449 e. The van der Waals surface area contributed by atoms with E-state index in [-0.39, 0.29) is 10.5 Å². The number of anilines is 1. The van der Waals surface area contributed by atoms with Crippen molar-refractivity contribution in [2.45, 2.75) is 31.8 Å². The lowest BCUT2D eigenvalue weighted by molar-refractivity contribution is -0.123. The number of hydrogen-bond acceptors (Lipinski definition) is 5. The Labute approximate surface area is 163 Å². The van der Waals surface area contributed by atoms with Crippen molar-refractivity contribution in [3.8, 4) is 0 Å². The van der Waals surface area contributed by atoms with E-state index in [9.17, 15) is 18.0 Å². The molecule has 0 aromatic heterocycles. The predicted octanol–water partition coefficient (Wildman–Crippen LogP) is 3.54. The van der Waals surface area contributed by atoms with Gasteiger partial charge < -0.3 is 10.1 Å². The summed E-state index contributed by atoms with van der Waals surface area (Å²) in [6, 6.07) is 9.27. The molecule has 144 valence electrons. The molecule has 0 unspecified atom stereocenters. The second kappa shape index (κ2) is 8.10. The minimum Gasteiger partial charge on any atom is -0.449 e. The van der Waals surface area contributed by atoms with E-state index >= 15 is 0 Å². The van der Waals surface area contributed by atoms with E-state index in [0.29, 0.717) is 21.8 Å². The van der Waals surface area contributed by atoms with Crippen LogP contribution in [0.15, 0.2) is 41.3 Å². The molecular formula is C19H20ClNO5S. The third-order valence-corrected chi connectivity index (χ3v) is 5.56. The molecule has 2 aromatic carbocycles. The molecule has 1 atom stereocenters. The van der Waals surface area contributed by atoms with Gasteiger partial charge in [-0.15, -0.1) is 0 Å². The van der Waals surface area contributed by atoms with Crippen LogP contribution < -0.4 is 5.32 Å². The molecule has 0 aliphatic heterocycles.